The third-order valence-electron chi connectivity index (χ3n) is 7.01. The van der Waals surface area contributed by atoms with Crippen molar-refractivity contribution < 1.29 is 10.2 Å². The number of aromatic hydroxyl groups is 1. The fraction of sp³-hybridized carbons (Fsp3) is 0.290. The van der Waals surface area contributed by atoms with Crippen LogP contribution in [0.3, 0.4) is 0 Å². The Labute approximate surface area is 202 Å². The second-order valence-electron chi connectivity index (χ2n) is 9.38. The van der Waals surface area contributed by atoms with Crippen LogP contribution in [0.1, 0.15) is 54.4 Å². The van der Waals surface area contributed by atoms with E-state index in [0.717, 1.165) is 48.7 Å². The standard InChI is InChI=1S/C31H33NO2/c33-22-4-7-30(25-5-2-1-3-6-25)31(27-12-16-29(34)17-13-27)26-10-8-23(9-11-26)24-18-20-32(21-19-24)28-14-15-28/h1-3,5-6,8-13,16-18,28,33-34H,4,7,14-15,19-22H2. The Morgan fingerprint density at radius 2 is 1.50 bits per heavy atom. The summed E-state index contributed by atoms with van der Waals surface area (Å²) in [6.45, 7) is 2.39. The van der Waals surface area contributed by atoms with Crippen molar-refractivity contribution in [2.45, 2.75) is 38.1 Å². The number of allylic oxidation sites excluding steroid dienone is 1. The van der Waals surface area contributed by atoms with Gasteiger partial charge < -0.3 is 10.2 Å². The van der Waals surface area contributed by atoms with Crippen LogP contribution < -0.4 is 0 Å². The fourth-order valence-electron chi connectivity index (χ4n) is 5.02. The summed E-state index contributed by atoms with van der Waals surface area (Å²) in [7, 11) is 0. The van der Waals surface area contributed by atoms with Crippen LogP contribution >= 0.6 is 0 Å². The molecule has 3 aromatic rings. The zero-order valence-electron chi connectivity index (χ0n) is 19.7. The molecule has 2 N–H and O–H groups in total. The van der Waals surface area contributed by atoms with Gasteiger partial charge in [-0.25, -0.2) is 0 Å². The Morgan fingerprint density at radius 3 is 2.09 bits per heavy atom. The summed E-state index contributed by atoms with van der Waals surface area (Å²) in [5.41, 5.74) is 8.51. The molecule has 0 spiro atoms. The summed E-state index contributed by atoms with van der Waals surface area (Å²) in [6, 6.07) is 27.7. The molecule has 5 rings (SSSR count). The van der Waals surface area contributed by atoms with E-state index in [1.807, 2.05) is 18.2 Å². The van der Waals surface area contributed by atoms with Gasteiger partial charge in [0, 0.05) is 25.7 Å². The third-order valence-corrected chi connectivity index (χ3v) is 7.01. The minimum atomic E-state index is 0.157. The number of hydrogen-bond donors (Lipinski definition) is 2. The first kappa shape index (κ1) is 22.6. The first-order valence-corrected chi connectivity index (χ1v) is 12.5. The number of aliphatic hydroxyl groups excluding tert-OH is 1. The highest BCUT2D eigenvalue weighted by atomic mass is 16.3. The third kappa shape index (κ3) is 5.16. The van der Waals surface area contributed by atoms with Crippen LogP contribution in [-0.2, 0) is 0 Å². The summed E-state index contributed by atoms with van der Waals surface area (Å²) in [4.78, 5) is 2.61. The summed E-state index contributed by atoms with van der Waals surface area (Å²) in [5, 5.41) is 19.5. The maximum atomic E-state index is 9.88. The molecule has 1 saturated carbocycles. The summed E-state index contributed by atoms with van der Waals surface area (Å²) < 4.78 is 0. The van der Waals surface area contributed by atoms with Crippen molar-refractivity contribution >= 4 is 16.7 Å². The molecule has 1 fully saturated rings. The van der Waals surface area contributed by atoms with E-state index < -0.39 is 0 Å². The first-order chi connectivity index (χ1) is 16.7. The van der Waals surface area contributed by atoms with Crippen molar-refractivity contribution in [1.82, 2.24) is 4.90 Å². The van der Waals surface area contributed by atoms with E-state index in [0.29, 0.717) is 6.42 Å². The summed E-state index contributed by atoms with van der Waals surface area (Å²) >= 11 is 0. The Kier molecular flexibility index (Phi) is 6.94. The smallest absolute Gasteiger partial charge is 0.115 e. The highest BCUT2D eigenvalue weighted by Crippen LogP contribution is 2.37. The lowest BCUT2D eigenvalue weighted by molar-refractivity contribution is 0.290. The molecular formula is C31H33NO2. The van der Waals surface area contributed by atoms with E-state index in [2.05, 4.69) is 59.5 Å². The quantitative estimate of drug-likeness (QED) is 0.391. The van der Waals surface area contributed by atoms with E-state index in [-0.39, 0.29) is 12.4 Å². The molecule has 1 aliphatic carbocycles. The number of aliphatic hydroxyl groups is 1. The van der Waals surface area contributed by atoms with Gasteiger partial charge in [-0.2, -0.15) is 0 Å². The molecule has 3 heteroatoms. The maximum absolute atomic E-state index is 9.88. The molecule has 3 nitrogen and oxygen atoms in total. The van der Waals surface area contributed by atoms with E-state index in [1.165, 1.54) is 35.1 Å². The number of rotatable bonds is 8. The molecule has 0 aromatic heterocycles. The lowest BCUT2D eigenvalue weighted by atomic mass is 9.86. The van der Waals surface area contributed by atoms with E-state index in [9.17, 15) is 10.2 Å². The van der Waals surface area contributed by atoms with E-state index >= 15 is 0 Å². The number of nitrogens with zero attached hydrogens (tertiary/aromatic N) is 1. The van der Waals surface area contributed by atoms with Crippen LogP contribution in [-0.4, -0.2) is 40.9 Å². The van der Waals surface area contributed by atoms with Crippen molar-refractivity contribution in [3.05, 3.63) is 107 Å². The molecule has 0 saturated heterocycles. The largest absolute Gasteiger partial charge is 0.508 e. The molecule has 3 aromatic carbocycles. The molecule has 0 atom stereocenters. The van der Waals surface area contributed by atoms with Gasteiger partial charge in [0.2, 0.25) is 0 Å². The van der Waals surface area contributed by atoms with E-state index in [4.69, 9.17) is 0 Å². The SMILES string of the molecule is OCCCC(=C(c1ccc(O)cc1)c1ccc(C2=CCN(C3CC3)CC2)cc1)c1ccccc1. The molecule has 0 radical (unpaired) electrons. The normalized spacial score (nSPS) is 17.3. The van der Waals surface area contributed by atoms with Gasteiger partial charge in [-0.05, 0) is 83.2 Å². The number of phenolic OH excluding ortho intramolecular Hbond substituents is 1. The minimum Gasteiger partial charge on any atom is -0.508 e. The molecule has 0 unspecified atom stereocenters. The lowest BCUT2D eigenvalue weighted by Gasteiger charge is -2.26. The van der Waals surface area contributed by atoms with Gasteiger partial charge in [0.25, 0.3) is 0 Å². The molecule has 0 amide bonds. The molecule has 1 aliphatic heterocycles. The number of benzene rings is 3. The average Bonchev–Trinajstić information content (AvgIpc) is 3.74. The van der Waals surface area contributed by atoms with Crippen LogP contribution in [0.2, 0.25) is 0 Å². The van der Waals surface area contributed by atoms with Crippen molar-refractivity contribution in [2.75, 3.05) is 19.7 Å². The number of hydrogen-bond acceptors (Lipinski definition) is 3. The van der Waals surface area contributed by atoms with Gasteiger partial charge in [-0.1, -0.05) is 72.8 Å². The van der Waals surface area contributed by atoms with Crippen LogP contribution in [0.15, 0.2) is 84.9 Å². The molecule has 34 heavy (non-hydrogen) atoms. The molecule has 2 aliphatic rings. The van der Waals surface area contributed by atoms with Gasteiger partial charge in [0.05, 0.1) is 0 Å². The highest BCUT2D eigenvalue weighted by Gasteiger charge is 2.29. The fourth-order valence-corrected chi connectivity index (χ4v) is 5.02. The van der Waals surface area contributed by atoms with Crippen LogP contribution in [0.4, 0.5) is 0 Å². The second kappa shape index (κ2) is 10.4. The predicted octanol–water partition coefficient (Wildman–Crippen LogP) is 6.38. The van der Waals surface area contributed by atoms with Gasteiger partial charge in [0.15, 0.2) is 0 Å². The zero-order chi connectivity index (χ0) is 23.3. The highest BCUT2D eigenvalue weighted by molar-refractivity contribution is 5.98. The van der Waals surface area contributed by atoms with E-state index in [1.54, 1.807) is 12.1 Å². The Bertz CT molecular complexity index is 1160. The second-order valence-corrected chi connectivity index (χ2v) is 9.38. The van der Waals surface area contributed by atoms with Crippen molar-refractivity contribution in [1.29, 1.82) is 0 Å². The predicted molar refractivity (Wildman–Crippen MR) is 140 cm³/mol. The average molecular weight is 452 g/mol. The van der Waals surface area contributed by atoms with Crippen LogP contribution in [0.25, 0.3) is 16.7 Å². The molecule has 1 heterocycles. The van der Waals surface area contributed by atoms with Crippen molar-refractivity contribution in [2.24, 2.45) is 0 Å². The topological polar surface area (TPSA) is 43.7 Å². The van der Waals surface area contributed by atoms with Gasteiger partial charge in [-0.3, -0.25) is 4.90 Å². The Balaban J connectivity index is 1.53. The lowest BCUT2D eigenvalue weighted by Crippen LogP contribution is -2.30. The molecular weight excluding hydrogens is 418 g/mol. The molecule has 0 bridgehead atoms. The Hall–Kier alpha value is -3.14. The zero-order valence-corrected chi connectivity index (χ0v) is 19.7. The maximum Gasteiger partial charge on any atom is 0.115 e. The Morgan fingerprint density at radius 1 is 0.824 bits per heavy atom. The van der Waals surface area contributed by atoms with Crippen LogP contribution in [0.5, 0.6) is 5.75 Å². The van der Waals surface area contributed by atoms with Gasteiger partial charge >= 0.3 is 0 Å². The van der Waals surface area contributed by atoms with Crippen molar-refractivity contribution in [3.8, 4) is 5.75 Å². The summed E-state index contributed by atoms with van der Waals surface area (Å²) in [5.74, 6) is 0.263. The summed E-state index contributed by atoms with van der Waals surface area (Å²) in [6.07, 6.45) is 7.73. The first-order valence-electron chi connectivity index (χ1n) is 12.5. The monoisotopic (exact) mass is 451 g/mol. The number of phenols is 1. The minimum absolute atomic E-state index is 0.157. The molecule has 174 valence electrons. The van der Waals surface area contributed by atoms with Gasteiger partial charge in [0.1, 0.15) is 5.75 Å². The van der Waals surface area contributed by atoms with Gasteiger partial charge in [-0.15, -0.1) is 0 Å². The van der Waals surface area contributed by atoms with Crippen LogP contribution in [0, 0.1) is 0 Å². The van der Waals surface area contributed by atoms with Crippen molar-refractivity contribution in [3.63, 3.8) is 0 Å².